The Morgan fingerprint density at radius 2 is 2.05 bits per heavy atom. The molecule has 1 aromatic heterocycles. The lowest BCUT2D eigenvalue weighted by atomic mass is 9.96. The number of carbonyl (C=O) groups excluding carboxylic acids is 1. The summed E-state index contributed by atoms with van der Waals surface area (Å²) < 4.78 is 5.17. The molecule has 2 N–H and O–H groups in total. The van der Waals surface area contributed by atoms with E-state index in [4.69, 9.17) is 4.52 Å². The molecule has 0 unspecified atom stereocenters. The predicted octanol–water partition coefficient (Wildman–Crippen LogP) is 1.03. The Labute approximate surface area is 114 Å². The van der Waals surface area contributed by atoms with Gasteiger partial charge < -0.3 is 15.2 Å². The normalized spacial score (nSPS) is 11.6. The third-order valence-corrected chi connectivity index (χ3v) is 2.63. The molecule has 0 spiro atoms. The first-order valence-electron chi connectivity index (χ1n) is 6.68. The number of nitrogens with zero attached hydrogens (tertiary/aromatic N) is 2. The van der Waals surface area contributed by atoms with Crippen LogP contribution >= 0.6 is 0 Å². The van der Waals surface area contributed by atoms with E-state index in [0.717, 1.165) is 13.0 Å². The molecule has 0 aromatic carbocycles. The molecule has 0 aliphatic carbocycles. The fraction of sp³-hybridized carbons (Fsp3) is 0.769. The largest absolute Gasteiger partial charge is 0.355 e. The first-order valence-corrected chi connectivity index (χ1v) is 6.68. The van der Waals surface area contributed by atoms with Gasteiger partial charge in [0.25, 0.3) is 0 Å². The van der Waals surface area contributed by atoms with E-state index in [9.17, 15) is 4.79 Å². The van der Waals surface area contributed by atoms with E-state index in [-0.39, 0.29) is 11.3 Å². The lowest BCUT2D eigenvalue weighted by Gasteiger charge is -2.10. The summed E-state index contributed by atoms with van der Waals surface area (Å²) in [7, 11) is 1.86. The summed E-state index contributed by atoms with van der Waals surface area (Å²) in [6.45, 7) is 7.55. The van der Waals surface area contributed by atoms with Crippen molar-refractivity contribution in [3.05, 3.63) is 11.7 Å². The molecule has 1 rings (SSSR count). The fourth-order valence-electron chi connectivity index (χ4n) is 1.48. The monoisotopic (exact) mass is 268 g/mol. The van der Waals surface area contributed by atoms with Crippen LogP contribution in [0, 0.1) is 0 Å². The van der Waals surface area contributed by atoms with Gasteiger partial charge in [0.15, 0.2) is 5.82 Å². The molecule has 1 aromatic rings. The van der Waals surface area contributed by atoms with E-state index >= 15 is 0 Å². The van der Waals surface area contributed by atoms with Gasteiger partial charge in [-0.25, -0.2) is 0 Å². The Balaban J connectivity index is 2.26. The Hall–Kier alpha value is -1.43. The third-order valence-electron chi connectivity index (χ3n) is 2.63. The molecular weight excluding hydrogens is 244 g/mol. The van der Waals surface area contributed by atoms with Crippen LogP contribution in [0.2, 0.25) is 0 Å². The molecule has 108 valence electrons. The predicted molar refractivity (Wildman–Crippen MR) is 72.9 cm³/mol. The number of nitrogens with one attached hydrogen (secondary N) is 2. The van der Waals surface area contributed by atoms with Crippen molar-refractivity contribution in [2.45, 2.75) is 45.4 Å². The minimum Gasteiger partial charge on any atom is -0.355 e. The van der Waals surface area contributed by atoms with Crippen molar-refractivity contribution in [3.63, 3.8) is 0 Å². The van der Waals surface area contributed by atoms with E-state index in [2.05, 4.69) is 20.8 Å². The molecule has 0 atom stereocenters. The first kappa shape index (κ1) is 15.6. The van der Waals surface area contributed by atoms with Crippen LogP contribution in [-0.2, 0) is 16.6 Å². The molecule has 0 aliphatic rings. The average molecular weight is 268 g/mol. The van der Waals surface area contributed by atoms with Gasteiger partial charge in [-0.15, -0.1) is 0 Å². The van der Waals surface area contributed by atoms with Crippen LogP contribution in [0.4, 0.5) is 0 Å². The van der Waals surface area contributed by atoms with Gasteiger partial charge in [0, 0.05) is 31.3 Å². The second kappa shape index (κ2) is 7.23. The molecule has 0 aliphatic heterocycles. The topological polar surface area (TPSA) is 80.0 Å². The van der Waals surface area contributed by atoms with E-state index in [1.165, 1.54) is 0 Å². The molecule has 0 radical (unpaired) electrons. The maximum atomic E-state index is 11.5. The van der Waals surface area contributed by atoms with Crippen molar-refractivity contribution in [2.24, 2.45) is 0 Å². The number of aryl methyl sites for hydroxylation is 1. The van der Waals surface area contributed by atoms with Crippen molar-refractivity contribution in [2.75, 3.05) is 20.1 Å². The van der Waals surface area contributed by atoms with Gasteiger partial charge >= 0.3 is 0 Å². The van der Waals surface area contributed by atoms with Crippen LogP contribution in [0.3, 0.4) is 0 Å². The molecule has 6 nitrogen and oxygen atoms in total. The van der Waals surface area contributed by atoms with Gasteiger partial charge in [-0.3, -0.25) is 4.79 Å². The van der Waals surface area contributed by atoms with Crippen molar-refractivity contribution in [1.82, 2.24) is 20.8 Å². The lowest BCUT2D eigenvalue weighted by molar-refractivity contribution is -0.121. The highest BCUT2D eigenvalue weighted by molar-refractivity contribution is 5.75. The Kier molecular flexibility index (Phi) is 5.95. The minimum absolute atomic E-state index is 0.0609. The van der Waals surface area contributed by atoms with Crippen molar-refractivity contribution >= 4 is 5.91 Å². The van der Waals surface area contributed by atoms with Crippen LogP contribution in [0.5, 0.6) is 0 Å². The standard InChI is InChI=1S/C13H24N4O2/c1-13(2,3)12-16-11(19-17-12)7-5-6-10(18)15-9-8-14-4/h14H,5-9H2,1-4H3,(H,15,18). The number of amides is 1. The average Bonchev–Trinajstić information content (AvgIpc) is 2.78. The zero-order chi connectivity index (χ0) is 14.3. The quantitative estimate of drug-likeness (QED) is 0.722. The van der Waals surface area contributed by atoms with E-state index < -0.39 is 0 Å². The van der Waals surface area contributed by atoms with E-state index in [0.29, 0.717) is 31.1 Å². The fourth-order valence-corrected chi connectivity index (χ4v) is 1.48. The molecule has 0 saturated carbocycles. The Bertz CT molecular complexity index is 396. The minimum atomic E-state index is -0.105. The SMILES string of the molecule is CNCCNC(=O)CCCc1nc(C(C)(C)C)no1. The molecule has 0 fully saturated rings. The van der Waals surface area contributed by atoms with Crippen LogP contribution in [0.1, 0.15) is 45.3 Å². The molecule has 0 bridgehead atoms. The molecule has 1 heterocycles. The number of hydrogen-bond acceptors (Lipinski definition) is 5. The van der Waals surface area contributed by atoms with Gasteiger partial charge in [-0.05, 0) is 13.5 Å². The molecule has 1 amide bonds. The highest BCUT2D eigenvalue weighted by Gasteiger charge is 2.20. The maximum absolute atomic E-state index is 11.5. The van der Waals surface area contributed by atoms with E-state index in [1.807, 2.05) is 27.8 Å². The van der Waals surface area contributed by atoms with E-state index in [1.54, 1.807) is 0 Å². The first-order chi connectivity index (χ1) is 8.93. The van der Waals surface area contributed by atoms with Gasteiger partial charge in [0.05, 0.1) is 0 Å². The Morgan fingerprint density at radius 1 is 1.32 bits per heavy atom. The van der Waals surface area contributed by atoms with Gasteiger partial charge in [-0.1, -0.05) is 25.9 Å². The summed E-state index contributed by atoms with van der Waals surface area (Å²) >= 11 is 0. The van der Waals surface area contributed by atoms with Gasteiger partial charge in [0.2, 0.25) is 11.8 Å². The lowest BCUT2D eigenvalue weighted by Crippen LogP contribution is -2.30. The second-order valence-electron chi connectivity index (χ2n) is 5.57. The molecule has 0 saturated heterocycles. The highest BCUT2D eigenvalue weighted by atomic mass is 16.5. The summed E-state index contributed by atoms with van der Waals surface area (Å²) in [4.78, 5) is 15.8. The number of hydrogen-bond donors (Lipinski definition) is 2. The van der Waals surface area contributed by atoms with Gasteiger partial charge in [-0.2, -0.15) is 4.98 Å². The van der Waals surface area contributed by atoms with Crippen molar-refractivity contribution < 1.29 is 9.32 Å². The summed E-state index contributed by atoms with van der Waals surface area (Å²) in [5.74, 6) is 1.37. The second-order valence-corrected chi connectivity index (χ2v) is 5.57. The third kappa shape index (κ3) is 5.83. The zero-order valence-electron chi connectivity index (χ0n) is 12.2. The molecular formula is C13H24N4O2. The summed E-state index contributed by atoms with van der Waals surface area (Å²) in [6, 6.07) is 0. The smallest absolute Gasteiger partial charge is 0.226 e. The summed E-state index contributed by atoms with van der Waals surface area (Å²) in [6.07, 6.45) is 1.84. The number of aromatic nitrogens is 2. The molecule has 19 heavy (non-hydrogen) atoms. The van der Waals surface area contributed by atoms with Crippen LogP contribution < -0.4 is 10.6 Å². The van der Waals surface area contributed by atoms with Crippen LogP contribution in [0.25, 0.3) is 0 Å². The van der Waals surface area contributed by atoms with Crippen molar-refractivity contribution in [3.8, 4) is 0 Å². The van der Waals surface area contributed by atoms with Gasteiger partial charge in [0.1, 0.15) is 0 Å². The number of carbonyl (C=O) groups is 1. The summed E-state index contributed by atoms with van der Waals surface area (Å²) in [5.41, 5.74) is -0.105. The zero-order valence-corrected chi connectivity index (χ0v) is 12.2. The maximum Gasteiger partial charge on any atom is 0.226 e. The Morgan fingerprint density at radius 3 is 2.63 bits per heavy atom. The van der Waals surface area contributed by atoms with Crippen LogP contribution in [0.15, 0.2) is 4.52 Å². The van der Waals surface area contributed by atoms with Crippen LogP contribution in [-0.4, -0.2) is 36.2 Å². The van der Waals surface area contributed by atoms with Crippen molar-refractivity contribution in [1.29, 1.82) is 0 Å². The summed E-state index contributed by atoms with van der Waals surface area (Å²) in [5, 5.41) is 9.76. The number of likely N-dealkylation sites (N-methyl/N-ethyl adjacent to an activating group) is 1. The number of rotatable bonds is 7. The highest BCUT2D eigenvalue weighted by Crippen LogP contribution is 2.18. The molecule has 6 heteroatoms.